The van der Waals surface area contributed by atoms with Crippen molar-refractivity contribution in [3.63, 3.8) is 0 Å². The fourth-order valence-electron chi connectivity index (χ4n) is 9.28. The van der Waals surface area contributed by atoms with E-state index in [0.717, 1.165) is 53.3 Å². The van der Waals surface area contributed by atoms with Crippen LogP contribution in [0.1, 0.15) is 49.8 Å². The zero-order valence-electron chi connectivity index (χ0n) is 30.2. The molecule has 4 fully saturated rings. The molecule has 9 nitrogen and oxygen atoms in total. The molecule has 9 heteroatoms. The van der Waals surface area contributed by atoms with Crippen LogP contribution in [0.25, 0.3) is 10.8 Å². The van der Waals surface area contributed by atoms with Crippen molar-refractivity contribution < 1.29 is 33.3 Å². The number of fused-ring (bicyclic) bond motifs is 6. The molecule has 9 rings (SSSR count). The van der Waals surface area contributed by atoms with Gasteiger partial charge in [-0.3, -0.25) is 9.59 Å². The van der Waals surface area contributed by atoms with Crippen molar-refractivity contribution in [2.45, 2.75) is 57.2 Å². The van der Waals surface area contributed by atoms with E-state index in [4.69, 9.17) is 18.9 Å². The minimum atomic E-state index is -1.05. The molecule has 53 heavy (non-hydrogen) atoms. The Bertz CT molecular complexity index is 2020. The number of nitrogens with one attached hydrogen (secondary N) is 1. The second-order valence-corrected chi connectivity index (χ2v) is 14.9. The number of allylic oxidation sites excluding steroid dienone is 1. The Morgan fingerprint density at radius 1 is 1.00 bits per heavy atom. The van der Waals surface area contributed by atoms with Gasteiger partial charge < -0.3 is 29.2 Å². The van der Waals surface area contributed by atoms with Gasteiger partial charge in [0.25, 0.3) is 5.91 Å². The highest BCUT2D eigenvalue weighted by Crippen LogP contribution is 2.54. The second kappa shape index (κ2) is 14.6. The van der Waals surface area contributed by atoms with E-state index in [1.165, 1.54) is 0 Å². The molecule has 274 valence electrons. The normalized spacial score (nSPS) is 26.8. The summed E-state index contributed by atoms with van der Waals surface area (Å²) in [6, 6.07) is 20.3. The molecule has 0 aromatic heterocycles. The lowest BCUT2D eigenvalue weighted by molar-refractivity contribution is -0.160. The van der Waals surface area contributed by atoms with Crippen molar-refractivity contribution in [2.24, 2.45) is 29.6 Å². The molecule has 1 amide bonds. The van der Waals surface area contributed by atoms with E-state index in [0.29, 0.717) is 35.8 Å². The van der Waals surface area contributed by atoms with Crippen LogP contribution in [0.15, 0.2) is 115 Å². The van der Waals surface area contributed by atoms with E-state index in [1.54, 1.807) is 19.4 Å². The average molecular weight is 715 g/mol. The zero-order chi connectivity index (χ0) is 36.6. The summed E-state index contributed by atoms with van der Waals surface area (Å²) >= 11 is 0. The van der Waals surface area contributed by atoms with E-state index < -0.39 is 29.9 Å². The number of carbonyl (C=O) groups excluding carboxylic acids is 3. The number of ketones is 1. The van der Waals surface area contributed by atoms with Gasteiger partial charge in [-0.25, -0.2) is 4.79 Å². The van der Waals surface area contributed by atoms with Gasteiger partial charge in [-0.2, -0.15) is 0 Å². The summed E-state index contributed by atoms with van der Waals surface area (Å²) < 4.78 is 23.5. The molecular weight excluding hydrogens is 668 g/mol. The van der Waals surface area contributed by atoms with E-state index in [9.17, 15) is 14.4 Å². The van der Waals surface area contributed by atoms with Gasteiger partial charge in [0.15, 0.2) is 17.3 Å². The van der Waals surface area contributed by atoms with Crippen LogP contribution in [-0.4, -0.2) is 55.1 Å². The molecule has 8 atom stereocenters. The molecule has 2 bridgehead atoms. The van der Waals surface area contributed by atoms with E-state index >= 15 is 0 Å². The van der Waals surface area contributed by atoms with Crippen molar-refractivity contribution >= 4 is 28.4 Å². The first-order valence-corrected chi connectivity index (χ1v) is 18.8. The third-order valence-corrected chi connectivity index (χ3v) is 12.1. The van der Waals surface area contributed by atoms with Gasteiger partial charge in [0, 0.05) is 30.6 Å². The van der Waals surface area contributed by atoms with Crippen LogP contribution in [0.2, 0.25) is 0 Å². The number of nitrogens with zero attached hydrogens (tertiary/aromatic N) is 1. The minimum Gasteiger partial charge on any atom is -0.497 e. The van der Waals surface area contributed by atoms with Gasteiger partial charge in [-0.05, 0) is 91.0 Å². The predicted octanol–water partition coefficient (Wildman–Crippen LogP) is 6.96. The van der Waals surface area contributed by atoms with Crippen molar-refractivity contribution in [3.8, 4) is 5.75 Å². The number of esters is 1. The zero-order valence-corrected chi connectivity index (χ0v) is 30.2. The Kier molecular flexibility index (Phi) is 9.58. The van der Waals surface area contributed by atoms with E-state index in [1.807, 2.05) is 72.5 Å². The van der Waals surface area contributed by atoms with E-state index in [2.05, 4.69) is 30.1 Å². The summed E-state index contributed by atoms with van der Waals surface area (Å²) in [6.07, 6.45) is 11.1. The summed E-state index contributed by atoms with van der Waals surface area (Å²) in [5.41, 5.74) is 1.78. The first kappa shape index (κ1) is 34.8. The topological polar surface area (TPSA) is 103 Å². The number of hydrogen-bond donors (Lipinski definition) is 1. The van der Waals surface area contributed by atoms with Gasteiger partial charge in [0.2, 0.25) is 6.79 Å². The molecule has 0 spiro atoms. The molecule has 3 saturated carbocycles. The van der Waals surface area contributed by atoms with E-state index in [-0.39, 0.29) is 36.5 Å². The van der Waals surface area contributed by atoms with Crippen LogP contribution in [0.3, 0.4) is 0 Å². The number of hydrogen-bond acceptors (Lipinski definition) is 8. The van der Waals surface area contributed by atoms with Crippen LogP contribution in [0.4, 0.5) is 0 Å². The maximum Gasteiger partial charge on any atom is 0.329 e. The number of likely N-dealkylation sites (N-methyl/N-ethyl adjacent to an activating group) is 1. The number of methoxy groups -OCH3 is 1. The number of benzene rings is 3. The molecule has 6 unspecified atom stereocenters. The van der Waals surface area contributed by atoms with Crippen molar-refractivity contribution in [2.75, 3.05) is 20.4 Å². The Morgan fingerprint density at radius 2 is 1.79 bits per heavy atom. The van der Waals surface area contributed by atoms with Crippen molar-refractivity contribution in [1.29, 1.82) is 0 Å². The van der Waals surface area contributed by atoms with Crippen LogP contribution in [0, 0.1) is 29.6 Å². The Labute approximate surface area is 310 Å². The fourth-order valence-corrected chi connectivity index (χ4v) is 9.28. The molecule has 2 heterocycles. The van der Waals surface area contributed by atoms with Crippen LogP contribution in [0.5, 0.6) is 5.75 Å². The predicted molar refractivity (Wildman–Crippen MR) is 200 cm³/mol. The number of amides is 1. The first-order chi connectivity index (χ1) is 25.8. The monoisotopic (exact) mass is 714 g/mol. The van der Waals surface area contributed by atoms with Crippen LogP contribution < -0.4 is 10.1 Å². The summed E-state index contributed by atoms with van der Waals surface area (Å²) in [5.74, 6) is 1.11. The minimum absolute atomic E-state index is 0.00988. The number of ether oxygens (including phenoxy) is 4. The second-order valence-electron chi connectivity index (χ2n) is 14.9. The number of rotatable bonds is 11. The lowest BCUT2D eigenvalue weighted by Gasteiger charge is -2.49. The summed E-state index contributed by atoms with van der Waals surface area (Å²) in [4.78, 5) is 44.8. The van der Waals surface area contributed by atoms with Gasteiger partial charge in [-0.15, -0.1) is 6.58 Å². The third-order valence-electron chi connectivity index (χ3n) is 12.1. The molecule has 4 aliphatic carbocycles. The van der Waals surface area contributed by atoms with Crippen LogP contribution in [-0.2, 0) is 35.0 Å². The number of carbonyl (C=O) groups is 3. The molecule has 2 aliphatic heterocycles. The maximum atomic E-state index is 14.7. The molecule has 1 saturated heterocycles. The SMILES string of the molecule is C=CC1CC2CCC1CC2[C@H](OC(=O)[C@H](Cc1ccccc1)NC(=O)C1=CN(CC)C2C=C3OCOC3=CC2C1=O)c1cccc2ccc(OC)cc12. The standard InChI is InChI=1S/C44H46N2O7/c1-4-27-19-30-15-14-29(27)20-34(30)42(32-13-9-12-28-16-17-31(50-3)21-33(28)32)53-44(49)37(18-26-10-7-6-8-11-26)45-43(48)36-24-46(5-2)38-23-40-39(51-25-52-40)22-35(38)41(36)47/h4,6-13,16-17,21-24,27,29-30,34-35,37-38,42H,1,5,14-15,18-20,25H2,2-3H3,(H,45,48)/t27?,29?,30?,34?,35?,37-,38?,42+/m0/s1. The Balaban J connectivity index is 1.13. The fraction of sp³-hybridized carbons (Fsp3) is 0.386. The highest BCUT2D eigenvalue weighted by Gasteiger charge is 2.47. The highest BCUT2D eigenvalue weighted by molar-refractivity contribution is 6.21. The molecule has 1 N–H and O–H groups in total. The molecule has 6 aliphatic rings. The summed E-state index contributed by atoms with van der Waals surface area (Å²) in [7, 11) is 1.65. The summed E-state index contributed by atoms with van der Waals surface area (Å²) in [5, 5.41) is 4.96. The molecule has 0 radical (unpaired) electrons. The number of Topliss-reactive ketones (excluding diaryl/α,β-unsaturated/α-hetero) is 1. The highest BCUT2D eigenvalue weighted by atomic mass is 16.7. The van der Waals surface area contributed by atoms with Gasteiger partial charge in [0.1, 0.15) is 17.9 Å². The van der Waals surface area contributed by atoms with Crippen molar-refractivity contribution in [1.82, 2.24) is 10.2 Å². The third kappa shape index (κ3) is 6.62. The molecule has 3 aromatic carbocycles. The Morgan fingerprint density at radius 3 is 2.53 bits per heavy atom. The van der Waals surface area contributed by atoms with Crippen LogP contribution >= 0.6 is 0 Å². The summed E-state index contributed by atoms with van der Waals surface area (Å²) in [6.45, 7) is 6.75. The lowest BCUT2D eigenvalue weighted by atomic mass is 9.58. The first-order valence-electron chi connectivity index (χ1n) is 18.8. The quantitative estimate of drug-likeness (QED) is 0.129. The van der Waals surface area contributed by atoms with Gasteiger partial charge >= 0.3 is 5.97 Å². The smallest absolute Gasteiger partial charge is 0.329 e. The van der Waals surface area contributed by atoms with Crippen molar-refractivity contribution in [3.05, 3.63) is 126 Å². The van der Waals surface area contributed by atoms with Gasteiger partial charge in [-0.1, -0.05) is 60.7 Å². The Hall–Kier alpha value is -5.31. The van der Waals surface area contributed by atoms with Gasteiger partial charge in [0.05, 0.1) is 24.6 Å². The average Bonchev–Trinajstić information content (AvgIpc) is 3.67. The maximum absolute atomic E-state index is 14.7. The molecular formula is C44H46N2O7. The molecule has 3 aromatic rings. The largest absolute Gasteiger partial charge is 0.497 e. The lowest BCUT2D eigenvalue weighted by Crippen LogP contribution is -2.50.